The zero-order valence-electron chi connectivity index (χ0n) is 11.3. The van der Waals surface area contributed by atoms with Crippen LogP contribution < -0.4 is 5.73 Å². The third-order valence-electron chi connectivity index (χ3n) is 2.94. The van der Waals surface area contributed by atoms with Crippen LogP contribution >= 0.6 is 11.3 Å². The van der Waals surface area contributed by atoms with Crippen LogP contribution in [0.2, 0.25) is 0 Å². The van der Waals surface area contributed by atoms with E-state index >= 15 is 0 Å². The van der Waals surface area contributed by atoms with E-state index in [0.29, 0.717) is 13.1 Å². The molecule has 2 N–H and O–H groups in total. The van der Waals surface area contributed by atoms with Crippen molar-refractivity contribution in [2.75, 3.05) is 13.7 Å². The Balaban J connectivity index is 2.12. The summed E-state index contributed by atoms with van der Waals surface area (Å²) in [6.07, 6.45) is 0.977. The van der Waals surface area contributed by atoms with Gasteiger partial charge in [0.05, 0.1) is 19.4 Å². The summed E-state index contributed by atoms with van der Waals surface area (Å²) in [6.45, 7) is 1.09. The number of ether oxygens (including phenoxy) is 1. The number of amides is 1. The summed E-state index contributed by atoms with van der Waals surface area (Å²) in [5.41, 5.74) is 5.58. The van der Waals surface area contributed by atoms with Gasteiger partial charge in [-0.3, -0.25) is 4.79 Å². The van der Waals surface area contributed by atoms with Gasteiger partial charge in [0.2, 0.25) is 0 Å². The average molecular weight is 294 g/mol. The van der Waals surface area contributed by atoms with Crippen LogP contribution in [-0.4, -0.2) is 30.6 Å². The lowest BCUT2D eigenvalue weighted by Gasteiger charge is -2.25. The maximum atomic E-state index is 12.4. The molecule has 0 radical (unpaired) electrons. The highest BCUT2D eigenvalue weighted by Gasteiger charge is 2.24. The molecule has 0 fully saturated rings. The van der Waals surface area contributed by atoms with Gasteiger partial charge in [-0.15, -0.1) is 11.3 Å². The van der Waals surface area contributed by atoms with Crippen LogP contribution in [0.4, 0.5) is 0 Å². The van der Waals surface area contributed by atoms with Crippen molar-refractivity contribution in [2.45, 2.75) is 19.2 Å². The van der Waals surface area contributed by atoms with E-state index < -0.39 is 6.10 Å². The molecule has 108 valence electrons. The summed E-state index contributed by atoms with van der Waals surface area (Å²) in [7, 11) is 1.49. The Bertz CT molecular complexity index is 470. The predicted molar refractivity (Wildman–Crippen MR) is 77.1 cm³/mol. The highest BCUT2D eigenvalue weighted by atomic mass is 32.1. The van der Waals surface area contributed by atoms with Crippen molar-refractivity contribution in [1.29, 1.82) is 0 Å². The molecule has 1 atom stereocenters. The Kier molecular flexibility index (Phi) is 5.34. The largest absolute Gasteiger partial charge is 0.467 e. The monoisotopic (exact) mass is 294 g/mol. The van der Waals surface area contributed by atoms with Gasteiger partial charge in [0.1, 0.15) is 11.9 Å². The minimum Gasteiger partial charge on any atom is -0.467 e. The summed E-state index contributed by atoms with van der Waals surface area (Å²) in [5, 5.41) is 1.99. The summed E-state index contributed by atoms with van der Waals surface area (Å²) < 4.78 is 10.5. The molecular weight excluding hydrogens is 276 g/mol. The van der Waals surface area contributed by atoms with Gasteiger partial charge in [-0.25, -0.2) is 0 Å². The second-order valence-electron chi connectivity index (χ2n) is 4.31. The minimum atomic E-state index is -0.620. The van der Waals surface area contributed by atoms with Crippen LogP contribution in [0, 0.1) is 0 Å². The molecule has 6 heteroatoms. The Morgan fingerprint density at radius 1 is 1.45 bits per heavy atom. The Labute approximate surface area is 121 Å². The molecule has 1 amide bonds. The van der Waals surface area contributed by atoms with Gasteiger partial charge in [-0.2, -0.15) is 0 Å². The van der Waals surface area contributed by atoms with Gasteiger partial charge >= 0.3 is 0 Å². The number of furan rings is 1. The molecule has 0 aliphatic carbocycles. The lowest BCUT2D eigenvalue weighted by molar-refractivity contribution is -0.142. The van der Waals surface area contributed by atoms with Gasteiger partial charge in [0, 0.05) is 18.5 Å². The average Bonchev–Trinajstić information content (AvgIpc) is 3.12. The van der Waals surface area contributed by atoms with Crippen LogP contribution in [0.15, 0.2) is 40.3 Å². The highest BCUT2D eigenvalue weighted by Crippen LogP contribution is 2.16. The molecule has 0 spiro atoms. The third kappa shape index (κ3) is 3.69. The molecule has 2 aromatic rings. The fourth-order valence-corrected chi connectivity index (χ4v) is 2.61. The number of methoxy groups -OCH3 is 1. The fraction of sp³-hybridized carbons (Fsp3) is 0.357. The molecule has 1 unspecified atom stereocenters. The van der Waals surface area contributed by atoms with Crippen LogP contribution in [0.5, 0.6) is 0 Å². The molecule has 20 heavy (non-hydrogen) atoms. The predicted octanol–water partition coefficient (Wildman–Crippen LogP) is 1.84. The molecule has 0 aliphatic rings. The summed E-state index contributed by atoms with van der Waals surface area (Å²) in [4.78, 5) is 15.3. The number of thiophene rings is 1. The summed E-state index contributed by atoms with van der Waals surface area (Å²) >= 11 is 1.61. The lowest BCUT2D eigenvalue weighted by atomic mass is 10.2. The molecule has 0 bridgehead atoms. The van der Waals surface area contributed by atoms with E-state index in [4.69, 9.17) is 14.9 Å². The highest BCUT2D eigenvalue weighted by molar-refractivity contribution is 7.09. The van der Waals surface area contributed by atoms with E-state index in [2.05, 4.69) is 0 Å². The first-order valence-corrected chi connectivity index (χ1v) is 7.19. The first-order chi connectivity index (χ1) is 9.74. The zero-order chi connectivity index (χ0) is 14.4. The van der Waals surface area contributed by atoms with Crippen LogP contribution in [0.3, 0.4) is 0 Å². The lowest BCUT2D eigenvalue weighted by Crippen LogP contribution is -2.42. The van der Waals surface area contributed by atoms with Crippen LogP contribution in [0.1, 0.15) is 10.6 Å². The van der Waals surface area contributed by atoms with E-state index in [-0.39, 0.29) is 12.5 Å². The second-order valence-corrected chi connectivity index (χ2v) is 5.35. The SMILES string of the molecule is COC(CN)C(=O)N(Cc1ccco1)Cc1cccs1. The standard InChI is InChI=1S/C14H18N2O3S/c1-18-13(8-15)14(17)16(9-11-4-2-6-19-11)10-12-5-3-7-20-12/h2-7,13H,8-10,15H2,1H3. The smallest absolute Gasteiger partial charge is 0.253 e. The van der Waals surface area contributed by atoms with Gasteiger partial charge in [-0.1, -0.05) is 6.07 Å². The molecular formula is C14H18N2O3S. The Hall–Kier alpha value is -1.63. The maximum Gasteiger partial charge on any atom is 0.253 e. The summed E-state index contributed by atoms with van der Waals surface area (Å²) in [5.74, 6) is 0.613. The van der Waals surface area contributed by atoms with Crippen LogP contribution in [-0.2, 0) is 22.6 Å². The van der Waals surface area contributed by atoms with Crippen molar-refractivity contribution in [1.82, 2.24) is 4.90 Å². The Morgan fingerprint density at radius 2 is 2.30 bits per heavy atom. The minimum absolute atomic E-state index is 0.125. The number of carbonyl (C=O) groups excluding carboxylic acids is 1. The molecule has 2 rings (SSSR count). The van der Waals surface area contributed by atoms with Crippen molar-refractivity contribution in [2.24, 2.45) is 5.73 Å². The quantitative estimate of drug-likeness (QED) is 0.846. The van der Waals surface area contributed by atoms with Crippen molar-refractivity contribution in [3.05, 3.63) is 46.5 Å². The first kappa shape index (κ1) is 14.8. The number of carbonyl (C=O) groups is 1. The second kappa shape index (κ2) is 7.23. The van der Waals surface area contributed by atoms with Crippen molar-refractivity contribution in [3.63, 3.8) is 0 Å². The maximum absolute atomic E-state index is 12.4. The van der Waals surface area contributed by atoms with Crippen molar-refractivity contribution >= 4 is 17.2 Å². The van der Waals surface area contributed by atoms with E-state index in [9.17, 15) is 4.79 Å². The third-order valence-corrected chi connectivity index (χ3v) is 3.80. The molecule has 0 aromatic carbocycles. The summed E-state index contributed by atoms with van der Waals surface area (Å²) in [6, 6.07) is 7.61. The number of rotatable bonds is 7. The van der Waals surface area contributed by atoms with Gasteiger partial charge < -0.3 is 19.8 Å². The van der Waals surface area contributed by atoms with Gasteiger partial charge in [0.15, 0.2) is 0 Å². The number of nitrogens with zero attached hydrogens (tertiary/aromatic N) is 1. The molecule has 5 nitrogen and oxygen atoms in total. The van der Waals surface area contributed by atoms with E-state index in [0.717, 1.165) is 10.6 Å². The first-order valence-electron chi connectivity index (χ1n) is 6.31. The zero-order valence-corrected chi connectivity index (χ0v) is 12.1. The number of hydrogen-bond donors (Lipinski definition) is 1. The van der Waals surface area contributed by atoms with Crippen LogP contribution in [0.25, 0.3) is 0 Å². The molecule has 0 aliphatic heterocycles. The van der Waals surface area contributed by atoms with E-state index in [1.54, 1.807) is 28.6 Å². The number of hydrogen-bond acceptors (Lipinski definition) is 5. The van der Waals surface area contributed by atoms with Gasteiger partial charge in [0.25, 0.3) is 5.91 Å². The van der Waals surface area contributed by atoms with Crippen molar-refractivity contribution < 1.29 is 13.9 Å². The molecule has 2 heterocycles. The van der Waals surface area contributed by atoms with Crippen molar-refractivity contribution in [3.8, 4) is 0 Å². The number of nitrogens with two attached hydrogens (primary N) is 1. The normalized spacial score (nSPS) is 12.3. The fourth-order valence-electron chi connectivity index (χ4n) is 1.89. The van der Waals surface area contributed by atoms with E-state index in [1.807, 2.05) is 23.6 Å². The van der Waals surface area contributed by atoms with Gasteiger partial charge in [-0.05, 0) is 23.6 Å². The Morgan fingerprint density at radius 3 is 2.85 bits per heavy atom. The molecule has 2 aromatic heterocycles. The molecule has 0 saturated heterocycles. The molecule has 0 saturated carbocycles. The van der Waals surface area contributed by atoms with E-state index in [1.165, 1.54) is 7.11 Å². The topological polar surface area (TPSA) is 68.7 Å².